The third-order valence-electron chi connectivity index (χ3n) is 1.73. The predicted molar refractivity (Wildman–Crippen MR) is 48.8 cm³/mol. The second-order valence-electron chi connectivity index (χ2n) is 2.94. The average molecular weight is 192 g/mol. The van der Waals surface area contributed by atoms with E-state index in [1.165, 1.54) is 0 Å². The molecule has 3 nitrogen and oxygen atoms in total. The van der Waals surface area contributed by atoms with E-state index in [4.69, 9.17) is 13.3 Å². The topological polar surface area (TPSA) is 27.7 Å². The first-order valence-electron chi connectivity index (χ1n) is 4.10. The predicted octanol–water partition coefficient (Wildman–Crippen LogP) is -0.209. The Kier molecular flexibility index (Phi) is 4.31. The van der Waals surface area contributed by atoms with E-state index in [2.05, 4.69) is 6.55 Å². The van der Waals surface area contributed by atoms with Gasteiger partial charge in [-0.05, 0) is 19.5 Å². The van der Waals surface area contributed by atoms with Gasteiger partial charge in [0.2, 0.25) is 0 Å². The van der Waals surface area contributed by atoms with Crippen LogP contribution < -0.4 is 0 Å². The number of rotatable bonds is 0. The third-order valence-corrected chi connectivity index (χ3v) is 6.30. The Morgan fingerprint density at radius 1 is 1.55 bits per heavy atom. The zero-order valence-corrected chi connectivity index (χ0v) is 9.78. The van der Waals surface area contributed by atoms with Crippen LogP contribution in [0.3, 0.4) is 0 Å². The van der Waals surface area contributed by atoms with E-state index >= 15 is 0 Å². The Balaban J connectivity index is 2.24. The van der Waals surface area contributed by atoms with Gasteiger partial charge >= 0.3 is 0 Å². The highest BCUT2D eigenvalue weighted by Crippen LogP contribution is 2.00. The minimum Gasteiger partial charge on any atom is -0.443 e. The Morgan fingerprint density at radius 2 is 2.36 bits per heavy atom. The SMILES string of the molecule is CC1COCC[SiH](C)O[SiH2]O1. The maximum Gasteiger partial charge on any atom is 0.294 e. The van der Waals surface area contributed by atoms with Crippen molar-refractivity contribution in [3.63, 3.8) is 0 Å². The fraction of sp³-hybridized carbons (Fsp3) is 1.00. The molecule has 0 aliphatic carbocycles. The summed E-state index contributed by atoms with van der Waals surface area (Å²) in [6.07, 6.45) is 0.237. The van der Waals surface area contributed by atoms with Crippen molar-refractivity contribution in [3.8, 4) is 0 Å². The highest BCUT2D eigenvalue weighted by molar-refractivity contribution is 6.56. The van der Waals surface area contributed by atoms with E-state index in [-0.39, 0.29) is 6.10 Å². The molecule has 0 spiro atoms. The Morgan fingerprint density at radius 3 is 3.18 bits per heavy atom. The van der Waals surface area contributed by atoms with E-state index in [1.54, 1.807) is 0 Å². The molecule has 5 heteroatoms. The fourth-order valence-electron chi connectivity index (χ4n) is 0.902. The van der Waals surface area contributed by atoms with Gasteiger partial charge in [0, 0.05) is 6.61 Å². The first kappa shape index (κ1) is 9.40. The van der Waals surface area contributed by atoms with Gasteiger partial charge in [-0.15, -0.1) is 0 Å². The van der Waals surface area contributed by atoms with E-state index < -0.39 is 19.0 Å². The molecule has 0 aromatic carbocycles. The largest absolute Gasteiger partial charge is 0.443 e. The second kappa shape index (κ2) is 5.05. The first-order valence-corrected chi connectivity index (χ1v) is 7.69. The maximum absolute atomic E-state index is 5.61. The van der Waals surface area contributed by atoms with Crippen LogP contribution in [0.15, 0.2) is 0 Å². The quantitative estimate of drug-likeness (QED) is 0.497. The van der Waals surface area contributed by atoms with Crippen LogP contribution in [0.4, 0.5) is 0 Å². The molecule has 0 aromatic rings. The maximum atomic E-state index is 5.61. The van der Waals surface area contributed by atoms with E-state index in [1.807, 2.05) is 6.92 Å². The molecule has 11 heavy (non-hydrogen) atoms. The molecule has 1 heterocycles. The van der Waals surface area contributed by atoms with Gasteiger partial charge in [-0.1, -0.05) is 0 Å². The van der Waals surface area contributed by atoms with Crippen molar-refractivity contribution >= 4 is 19.0 Å². The summed E-state index contributed by atoms with van der Waals surface area (Å²) < 4.78 is 16.5. The van der Waals surface area contributed by atoms with Gasteiger partial charge in [0.1, 0.15) is 0 Å². The molecule has 1 aliphatic heterocycles. The molecule has 1 fully saturated rings. The molecule has 1 rings (SSSR count). The van der Waals surface area contributed by atoms with Gasteiger partial charge in [0.05, 0.1) is 12.7 Å². The smallest absolute Gasteiger partial charge is 0.294 e. The van der Waals surface area contributed by atoms with Crippen molar-refractivity contribution in [1.82, 2.24) is 0 Å². The molecule has 1 aliphatic rings. The number of hydrogen-bond acceptors (Lipinski definition) is 3. The number of hydrogen-bond donors (Lipinski definition) is 0. The van der Waals surface area contributed by atoms with Crippen molar-refractivity contribution < 1.29 is 13.3 Å². The normalized spacial score (nSPS) is 37.6. The lowest BCUT2D eigenvalue weighted by Crippen LogP contribution is -2.21. The summed E-state index contributed by atoms with van der Waals surface area (Å²) in [5.74, 6) is 0. The minimum atomic E-state index is -0.913. The van der Waals surface area contributed by atoms with Gasteiger partial charge < -0.3 is 13.3 Å². The van der Waals surface area contributed by atoms with Crippen molar-refractivity contribution in [3.05, 3.63) is 0 Å². The van der Waals surface area contributed by atoms with Crippen LogP contribution >= 0.6 is 0 Å². The molecule has 0 saturated carbocycles. The zero-order chi connectivity index (χ0) is 8.10. The lowest BCUT2D eigenvalue weighted by molar-refractivity contribution is 0.0658. The highest BCUT2D eigenvalue weighted by atomic mass is 28.4. The molecule has 1 saturated heterocycles. The molecule has 0 aromatic heterocycles. The third kappa shape index (κ3) is 4.02. The van der Waals surface area contributed by atoms with Crippen molar-refractivity contribution in [2.24, 2.45) is 0 Å². The molecular weight excluding hydrogens is 176 g/mol. The van der Waals surface area contributed by atoms with Gasteiger partial charge in [-0.25, -0.2) is 0 Å². The molecule has 2 unspecified atom stereocenters. The van der Waals surface area contributed by atoms with Crippen LogP contribution in [0.1, 0.15) is 6.92 Å². The summed E-state index contributed by atoms with van der Waals surface area (Å²) >= 11 is 0. The first-order chi connectivity index (χ1) is 5.29. The summed E-state index contributed by atoms with van der Waals surface area (Å²) in [6, 6.07) is 1.13. The summed E-state index contributed by atoms with van der Waals surface area (Å²) in [5.41, 5.74) is 0. The van der Waals surface area contributed by atoms with E-state index in [9.17, 15) is 0 Å². The number of ether oxygens (including phenoxy) is 1. The van der Waals surface area contributed by atoms with Crippen LogP contribution in [-0.4, -0.2) is 38.4 Å². The standard InChI is InChI=1S/C6H16O3Si2/c1-6-5-7-3-4-11(2)9-10-8-6/h6,11H,3-5,10H2,1-2H3. The van der Waals surface area contributed by atoms with Crippen LogP contribution in [0.5, 0.6) is 0 Å². The molecule has 0 bridgehead atoms. The molecule has 2 atom stereocenters. The van der Waals surface area contributed by atoms with Gasteiger partial charge in [0.15, 0.2) is 9.04 Å². The summed E-state index contributed by atoms with van der Waals surface area (Å²) in [5, 5.41) is 0. The molecular formula is C6H16O3Si2. The van der Waals surface area contributed by atoms with Gasteiger partial charge in [-0.3, -0.25) is 0 Å². The zero-order valence-electron chi connectivity index (χ0n) is 7.21. The van der Waals surface area contributed by atoms with Crippen LogP contribution in [0, 0.1) is 0 Å². The Bertz CT molecular complexity index is 100. The van der Waals surface area contributed by atoms with Crippen LogP contribution in [0.25, 0.3) is 0 Å². The lowest BCUT2D eigenvalue weighted by Gasteiger charge is -2.11. The average Bonchev–Trinajstić information content (AvgIpc) is 2.04. The van der Waals surface area contributed by atoms with Gasteiger partial charge in [0.25, 0.3) is 10.0 Å². The van der Waals surface area contributed by atoms with Crippen molar-refractivity contribution in [2.45, 2.75) is 25.6 Å². The Labute approximate surface area is 71.8 Å². The van der Waals surface area contributed by atoms with Crippen LogP contribution in [-0.2, 0) is 13.3 Å². The van der Waals surface area contributed by atoms with Gasteiger partial charge in [-0.2, -0.15) is 0 Å². The van der Waals surface area contributed by atoms with Crippen molar-refractivity contribution in [2.75, 3.05) is 13.2 Å². The lowest BCUT2D eigenvalue weighted by atomic mass is 10.4. The highest BCUT2D eigenvalue weighted by Gasteiger charge is 2.10. The van der Waals surface area contributed by atoms with Crippen molar-refractivity contribution in [1.29, 1.82) is 0 Å². The summed E-state index contributed by atoms with van der Waals surface area (Å²) in [4.78, 5) is 0. The summed E-state index contributed by atoms with van der Waals surface area (Å²) in [6.45, 7) is 5.83. The van der Waals surface area contributed by atoms with E-state index in [0.717, 1.165) is 19.3 Å². The monoisotopic (exact) mass is 192 g/mol. The molecule has 0 amide bonds. The Hall–Kier alpha value is 0.314. The van der Waals surface area contributed by atoms with E-state index in [0.29, 0.717) is 0 Å². The van der Waals surface area contributed by atoms with Crippen LogP contribution in [0.2, 0.25) is 12.6 Å². The molecule has 0 N–H and O–H groups in total. The minimum absolute atomic E-state index is 0.237. The second-order valence-corrected chi connectivity index (χ2v) is 7.04. The summed E-state index contributed by atoms with van der Waals surface area (Å²) in [7, 11) is -1.60. The molecule has 66 valence electrons. The fourth-order valence-corrected chi connectivity index (χ4v) is 3.64. The molecule has 0 radical (unpaired) electrons.